The van der Waals surface area contributed by atoms with Crippen LogP contribution in [0.15, 0.2) is 83.6 Å². The van der Waals surface area contributed by atoms with Gasteiger partial charge in [-0.1, -0.05) is 23.7 Å². The standard InChI is InChI=1S/C29H26ClN7OS/c1-3-37-27-20(14-24(28(37)38)23-9-4-19(15-25(23)30)26-17-31-18-39-26)16-32-29(34-27)33-21-5-7-22(8-6-21)36-12-10-35(2)11-13-36/h4-10,12,14-18H,3,11,13H2,1-2H3,(H,32,33,34). The third-order valence-electron chi connectivity index (χ3n) is 6.77. The van der Waals surface area contributed by atoms with Crippen LogP contribution >= 0.6 is 22.9 Å². The molecule has 0 saturated carbocycles. The van der Waals surface area contributed by atoms with Crippen molar-refractivity contribution >= 4 is 51.3 Å². The van der Waals surface area contributed by atoms with E-state index in [2.05, 4.69) is 56.7 Å². The molecule has 196 valence electrons. The quantitative estimate of drug-likeness (QED) is 0.266. The Bertz CT molecular complexity index is 1730. The topological polar surface area (TPSA) is 79.2 Å². The minimum Gasteiger partial charge on any atom is -0.377 e. The molecular weight excluding hydrogens is 530 g/mol. The monoisotopic (exact) mass is 555 g/mol. The van der Waals surface area contributed by atoms with Gasteiger partial charge in [0.25, 0.3) is 5.56 Å². The van der Waals surface area contributed by atoms with Crippen molar-refractivity contribution in [3.05, 3.63) is 94.2 Å². The van der Waals surface area contributed by atoms with E-state index in [-0.39, 0.29) is 5.56 Å². The first-order valence-electron chi connectivity index (χ1n) is 12.6. The van der Waals surface area contributed by atoms with Crippen LogP contribution in [0.2, 0.25) is 5.02 Å². The lowest BCUT2D eigenvalue weighted by molar-refractivity contribution is 0.446. The molecular formula is C29H26ClN7OS. The number of anilines is 3. The number of aromatic nitrogens is 4. The Hall–Kier alpha value is -4.21. The molecule has 8 nitrogen and oxygen atoms in total. The largest absolute Gasteiger partial charge is 0.377 e. The van der Waals surface area contributed by atoms with Crippen LogP contribution in [-0.2, 0) is 6.54 Å². The maximum absolute atomic E-state index is 13.6. The molecule has 0 spiro atoms. The fourth-order valence-electron chi connectivity index (χ4n) is 4.64. The summed E-state index contributed by atoms with van der Waals surface area (Å²) in [7, 11) is 2.07. The summed E-state index contributed by atoms with van der Waals surface area (Å²) in [4.78, 5) is 32.3. The second-order valence-electron chi connectivity index (χ2n) is 9.28. The van der Waals surface area contributed by atoms with E-state index in [0.29, 0.717) is 34.3 Å². The third kappa shape index (κ3) is 4.98. The average molecular weight is 556 g/mol. The number of nitrogens with one attached hydrogen (secondary N) is 1. The number of hydrogen-bond donors (Lipinski definition) is 1. The number of hydrogen-bond acceptors (Lipinski definition) is 8. The first-order chi connectivity index (χ1) is 19.0. The van der Waals surface area contributed by atoms with Gasteiger partial charge in [-0.15, -0.1) is 11.3 Å². The molecule has 2 aromatic carbocycles. The zero-order valence-electron chi connectivity index (χ0n) is 21.5. The summed E-state index contributed by atoms with van der Waals surface area (Å²) in [5.41, 5.74) is 6.35. The molecule has 0 radical (unpaired) electrons. The zero-order chi connectivity index (χ0) is 26.9. The van der Waals surface area contributed by atoms with E-state index in [0.717, 1.165) is 40.3 Å². The van der Waals surface area contributed by atoms with Crippen LogP contribution in [0.1, 0.15) is 6.92 Å². The SMILES string of the molecule is CCn1c(=O)c(-c2ccc(-c3cncs3)cc2Cl)cc2cnc(Nc3ccc(N4C=CN(C)CC4)cc3)nc21. The molecule has 1 aliphatic rings. The average Bonchev–Trinajstić information content (AvgIpc) is 3.49. The number of aryl methyl sites for hydroxylation is 1. The molecule has 0 amide bonds. The molecule has 39 heavy (non-hydrogen) atoms. The Morgan fingerprint density at radius 3 is 2.56 bits per heavy atom. The predicted octanol–water partition coefficient (Wildman–Crippen LogP) is 6.22. The molecule has 10 heteroatoms. The maximum atomic E-state index is 13.6. The van der Waals surface area contributed by atoms with Gasteiger partial charge in [0.2, 0.25) is 5.95 Å². The van der Waals surface area contributed by atoms with Crippen LogP contribution in [0.5, 0.6) is 0 Å². The summed E-state index contributed by atoms with van der Waals surface area (Å²) >= 11 is 8.21. The van der Waals surface area contributed by atoms with Crippen LogP contribution in [0.3, 0.4) is 0 Å². The van der Waals surface area contributed by atoms with Crippen molar-refractivity contribution in [1.29, 1.82) is 0 Å². The summed E-state index contributed by atoms with van der Waals surface area (Å²) in [6, 6.07) is 15.7. The first kappa shape index (κ1) is 25.1. The van der Waals surface area contributed by atoms with Gasteiger partial charge in [0.1, 0.15) is 5.65 Å². The van der Waals surface area contributed by atoms with Crippen molar-refractivity contribution in [3.8, 4) is 21.6 Å². The first-order valence-corrected chi connectivity index (χ1v) is 13.9. The Balaban J connectivity index is 1.30. The van der Waals surface area contributed by atoms with Crippen LogP contribution in [0, 0.1) is 0 Å². The number of nitrogens with zero attached hydrogens (tertiary/aromatic N) is 6. The highest BCUT2D eigenvalue weighted by Gasteiger charge is 2.16. The van der Waals surface area contributed by atoms with Gasteiger partial charge in [0.05, 0.1) is 10.4 Å². The molecule has 3 aromatic heterocycles. The van der Waals surface area contributed by atoms with Crippen LogP contribution in [0.4, 0.5) is 17.3 Å². The summed E-state index contributed by atoms with van der Waals surface area (Å²) in [6.07, 6.45) is 7.70. The third-order valence-corrected chi connectivity index (χ3v) is 7.90. The molecule has 0 bridgehead atoms. The van der Waals surface area contributed by atoms with Crippen LogP contribution < -0.4 is 15.8 Å². The van der Waals surface area contributed by atoms with Gasteiger partial charge >= 0.3 is 0 Å². The number of thiazole rings is 1. The highest BCUT2D eigenvalue weighted by Crippen LogP contribution is 2.33. The van der Waals surface area contributed by atoms with Gasteiger partial charge < -0.3 is 15.1 Å². The second kappa shape index (κ2) is 10.5. The molecule has 4 heterocycles. The number of fused-ring (bicyclic) bond motifs is 1. The van der Waals surface area contributed by atoms with E-state index in [9.17, 15) is 4.79 Å². The highest BCUT2D eigenvalue weighted by atomic mass is 35.5. The van der Waals surface area contributed by atoms with E-state index in [4.69, 9.17) is 16.6 Å². The number of benzene rings is 2. The zero-order valence-corrected chi connectivity index (χ0v) is 23.1. The van der Waals surface area contributed by atoms with Crippen LogP contribution in [0.25, 0.3) is 32.6 Å². The van der Waals surface area contributed by atoms with E-state index in [1.807, 2.05) is 43.3 Å². The van der Waals surface area contributed by atoms with Crippen molar-refractivity contribution < 1.29 is 0 Å². The fraction of sp³-hybridized carbons (Fsp3) is 0.172. The molecule has 0 fully saturated rings. The van der Waals surface area contributed by atoms with Gasteiger partial charge in [0, 0.05) is 84.4 Å². The fourth-order valence-corrected chi connectivity index (χ4v) is 5.54. The van der Waals surface area contributed by atoms with E-state index in [1.165, 1.54) is 0 Å². The molecule has 0 saturated heterocycles. The number of halogens is 1. The number of pyridine rings is 1. The van der Waals surface area contributed by atoms with E-state index < -0.39 is 0 Å². The summed E-state index contributed by atoms with van der Waals surface area (Å²) < 4.78 is 1.66. The lowest BCUT2D eigenvalue weighted by Gasteiger charge is -2.29. The van der Waals surface area contributed by atoms with Gasteiger partial charge in [-0.2, -0.15) is 4.98 Å². The highest BCUT2D eigenvalue weighted by molar-refractivity contribution is 7.13. The van der Waals surface area contributed by atoms with Crippen molar-refractivity contribution in [2.75, 3.05) is 30.4 Å². The van der Waals surface area contributed by atoms with Gasteiger partial charge in [-0.05, 0) is 48.9 Å². The van der Waals surface area contributed by atoms with Crippen molar-refractivity contribution in [2.45, 2.75) is 13.5 Å². The van der Waals surface area contributed by atoms with E-state index in [1.54, 1.807) is 33.8 Å². The molecule has 0 atom stereocenters. The van der Waals surface area contributed by atoms with Gasteiger partial charge in [0.15, 0.2) is 0 Å². The minimum atomic E-state index is -0.147. The predicted molar refractivity (Wildman–Crippen MR) is 160 cm³/mol. The number of likely N-dealkylation sites (N-methyl/N-ethyl adjacent to an activating group) is 1. The minimum absolute atomic E-state index is 0.147. The molecule has 0 aliphatic carbocycles. The summed E-state index contributed by atoms with van der Waals surface area (Å²) in [5.74, 6) is 0.427. The molecule has 6 rings (SSSR count). The Morgan fingerprint density at radius 2 is 1.87 bits per heavy atom. The summed E-state index contributed by atoms with van der Waals surface area (Å²) in [5, 5.41) is 4.54. The van der Waals surface area contributed by atoms with E-state index >= 15 is 0 Å². The van der Waals surface area contributed by atoms with Gasteiger partial charge in [-0.3, -0.25) is 14.3 Å². The maximum Gasteiger partial charge on any atom is 0.260 e. The van der Waals surface area contributed by atoms with Crippen molar-refractivity contribution in [3.63, 3.8) is 0 Å². The van der Waals surface area contributed by atoms with Crippen LogP contribution in [-0.4, -0.2) is 44.6 Å². The molecule has 5 aromatic rings. The normalized spacial score (nSPS) is 13.3. The number of rotatable bonds is 6. The lowest BCUT2D eigenvalue weighted by Crippen LogP contribution is -2.32. The smallest absolute Gasteiger partial charge is 0.260 e. The second-order valence-corrected chi connectivity index (χ2v) is 10.6. The Kier molecular flexibility index (Phi) is 6.76. The molecule has 1 N–H and O–H groups in total. The Labute approximate surface area is 234 Å². The summed E-state index contributed by atoms with van der Waals surface area (Å²) in [6.45, 7) is 4.31. The Morgan fingerprint density at radius 1 is 1.03 bits per heavy atom. The van der Waals surface area contributed by atoms with Crippen molar-refractivity contribution in [2.24, 2.45) is 0 Å². The molecule has 1 aliphatic heterocycles. The van der Waals surface area contributed by atoms with Crippen molar-refractivity contribution in [1.82, 2.24) is 24.4 Å². The van der Waals surface area contributed by atoms with Gasteiger partial charge in [-0.25, -0.2) is 4.98 Å². The molecule has 0 unspecified atom stereocenters. The lowest BCUT2D eigenvalue weighted by atomic mass is 10.0.